The van der Waals surface area contributed by atoms with Gasteiger partial charge < -0.3 is 10.3 Å². The van der Waals surface area contributed by atoms with Crippen molar-refractivity contribution < 1.29 is 0 Å². The molecule has 3 aromatic heterocycles. The van der Waals surface area contributed by atoms with Crippen LogP contribution in [-0.4, -0.2) is 31.1 Å². The first-order valence-electron chi connectivity index (χ1n) is 8.27. The third-order valence-corrected chi connectivity index (χ3v) is 4.49. The predicted octanol–water partition coefficient (Wildman–Crippen LogP) is 3.41. The average Bonchev–Trinajstić information content (AvgIpc) is 3.29. The van der Waals surface area contributed by atoms with E-state index in [0.717, 1.165) is 35.5 Å². The van der Waals surface area contributed by atoms with Gasteiger partial charge in [0.25, 0.3) is 0 Å². The van der Waals surface area contributed by atoms with Crippen molar-refractivity contribution in [3.8, 4) is 0 Å². The molecular formula is C19H16N6. The largest absolute Gasteiger partial charge is 0.367 e. The molecule has 2 N–H and O–H groups in total. The highest BCUT2D eigenvalue weighted by Crippen LogP contribution is 2.21. The van der Waals surface area contributed by atoms with E-state index in [1.807, 2.05) is 34.7 Å². The van der Waals surface area contributed by atoms with Gasteiger partial charge in [0.1, 0.15) is 6.33 Å². The van der Waals surface area contributed by atoms with Gasteiger partial charge in [0.2, 0.25) is 5.65 Å². The van der Waals surface area contributed by atoms with Crippen LogP contribution in [0.1, 0.15) is 5.56 Å². The summed E-state index contributed by atoms with van der Waals surface area (Å²) in [5.41, 5.74) is 5.13. The molecule has 0 aliphatic heterocycles. The molecule has 0 aliphatic carbocycles. The third-order valence-electron chi connectivity index (χ3n) is 4.49. The molecule has 0 bridgehead atoms. The van der Waals surface area contributed by atoms with Crippen LogP contribution in [0.3, 0.4) is 0 Å². The molecule has 2 aromatic carbocycles. The number of H-pyrrole nitrogens is 1. The van der Waals surface area contributed by atoms with Crippen molar-refractivity contribution in [1.82, 2.24) is 24.6 Å². The average molecular weight is 328 g/mol. The van der Waals surface area contributed by atoms with Crippen molar-refractivity contribution in [3.05, 3.63) is 66.6 Å². The SMILES string of the molecule is c1ccc2c(c1)nc(NCCc1c[nH]c3ccccc13)c1nncn12. The molecule has 0 atom stereocenters. The zero-order valence-corrected chi connectivity index (χ0v) is 13.5. The van der Waals surface area contributed by atoms with Gasteiger partial charge in [-0.1, -0.05) is 30.3 Å². The molecule has 0 radical (unpaired) electrons. The second kappa shape index (κ2) is 5.59. The first-order chi connectivity index (χ1) is 12.4. The van der Waals surface area contributed by atoms with Crippen molar-refractivity contribution in [2.24, 2.45) is 0 Å². The molecule has 0 saturated heterocycles. The van der Waals surface area contributed by atoms with E-state index < -0.39 is 0 Å². The molecular weight excluding hydrogens is 312 g/mol. The van der Waals surface area contributed by atoms with E-state index in [2.05, 4.69) is 44.9 Å². The van der Waals surface area contributed by atoms with Gasteiger partial charge in [0.05, 0.1) is 11.0 Å². The molecule has 5 rings (SSSR count). The molecule has 0 fully saturated rings. The molecule has 0 unspecified atom stereocenters. The summed E-state index contributed by atoms with van der Waals surface area (Å²) in [6.45, 7) is 0.774. The van der Waals surface area contributed by atoms with Gasteiger partial charge in [0.15, 0.2) is 5.82 Å². The number of nitrogens with one attached hydrogen (secondary N) is 2. The summed E-state index contributed by atoms with van der Waals surface area (Å²) in [4.78, 5) is 8.03. The van der Waals surface area contributed by atoms with Gasteiger partial charge in [-0.25, -0.2) is 4.98 Å². The molecule has 0 spiro atoms. The van der Waals surface area contributed by atoms with Crippen molar-refractivity contribution in [1.29, 1.82) is 0 Å². The minimum absolute atomic E-state index is 0.748. The van der Waals surface area contributed by atoms with Crippen LogP contribution >= 0.6 is 0 Å². The Morgan fingerprint density at radius 1 is 1.04 bits per heavy atom. The fraction of sp³-hybridized carbons (Fsp3) is 0.105. The summed E-state index contributed by atoms with van der Waals surface area (Å²) in [6, 6.07) is 16.4. The Morgan fingerprint density at radius 3 is 2.92 bits per heavy atom. The lowest BCUT2D eigenvalue weighted by Crippen LogP contribution is -2.08. The number of rotatable bonds is 4. The van der Waals surface area contributed by atoms with Crippen LogP contribution in [0.25, 0.3) is 27.6 Å². The molecule has 3 heterocycles. The fourth-order valence-corrected chi connectivity index (χ4v) is 3.28. The van der Waals surface area contributed by atoms with Gasteiger partial charge in [-0.3, -0.25) is 4.40 Å². The van der Waals surface area contributed by atoms with E-state index >= 15 is 0 Å². The van der Waals surface area contributed by atoms with Gasteiger partial charge in [0, 0.05) is 23.6 Å². The standard InChI is InChI=1S/C19H16N6/c1-2-6-15-14(5-1)13(11-21-15)9-10-20-18-19-24-22-12-25(19)17-8-4-3-7-16(17)23-18/h1-8,11-12,21H,9-10H2,(H,20,23). The summed E-state index contributed by atoms with van der Waals surface area (Å²) < 4.78 is 1.97. The monoisotopic (exact) mass is 328 g/mol. The summed E-state index contributed by atoms with van der Waals surface area (Å²) in [5, 5.41) is 12.9. The lowest BCUT2D eigenvalue weighted by Gasteiger charge is -2.08. The maximum absolute atomic E-state index is 4.71. The number of aromatic amines is 1. The highest BCUT2D eigenvalue weighted by Gasteiger charge is 2.10. The Hall–Kier alpha value is -3.41. The van der Waals surface area contributed by atoms with E-state index in [1.165, 1.54) is 16.5 Å². The minimum Gasteiger partial charge on any atom is -0.367 e. The number of nitrogens with zero attached hydrogens (tertiary/aromatic N) is 4. The normalized spacial score (nSPS) is 11.5. The highest BCUT2D eigenvalue weighted by molar-refractivity contribution is 5.84. The number of para-hydroxylation sites is 3. The van der Waals surface area contributed by atoms with Crippen molar-refractivity contribution in [2.45, 2.75) is 6.42 Å². The Morgan fingerprint density at radius 2 is 1.92 bits per heavy atom. The summed E-state index contributed by atoms with van der Waals surface area (Å²) in [7, 11) is 0. The zero-order valence-electron chi connectivity index (χ0n) is 13.5. The Kier molecular flexibility index (Phi) is 3.13. The second-order valence-electron chi connectivity index (χ2n) is 6.01. The third kappa shape index (κ3) is 2.30. The van der Waals surface area contributed by atoms with E-state index in [-0.39, 0.29) is 0 Å². The van der Waals surface area contributed by atoms with E-state index in [9.17, 15) is 0 Å². The van der Waals surface area contributed by atoms with Gasteiger partial charge >= 0.3 is 0 Å². The number of benzene rings is 2. The highest BCUT2D eigenvalue weighted by atomic mass is 15.3. The molecule has 6 heteroatoms. The smallest absolute Gasteiger partial charge is 0.203 e. The lowest BCUT2D eigenvalue weighted by atomic mass is 10.1. The lowest BCUT2D eigenvalue weighted by molar-refractivity contribution is 1.01. The molecule has 122 valence electrons. The van der Waals surface area contributed by atoms with Crippen LogP contribution in [-0.2, 0) is 6.42 Å². The molecule has 5 aromatic rings. The van der Waals surface area contributed by atoms with Crippen molar-refractivity contribution in [2.75, 3.05) is 11.9 Å². The minimum atomic E-state index is 0.748. The van der Waals surface area contributed by atoms with Crippen LogP contribution in [0, 0.1) is 0 Å². The molecule has 0 saturated carbocycles. The number of hydrogen-bond acceptors (Lipinski definition) is 4. The van der Waals surface area contributed by atoms with Crippen molar-refractivity contribution in [3.63, 3.8) is 0 Å². The van der Waals surface area contributed by atoms with Gasteiger partial charge in [-0.15, -0.1) is 10.2 Å². The molecule has 6 nitrogen and oxygen atoms in total. The first kappa shape index (κ1) is 14.0. The summed E-state index contributed by atoms with van der Waals surface area (Å²) in [5.74, 6) is 0.760. The van der Waals surface area contributed by atoms with E-state index in [0.29, 0.717) is 0 Å². The first-order valence-corrected chi connectivity index (χ1v) is 8.27. The van der Waals surface area contributed by atoms with Crippen LogP contribution < -0.4 is 5.32 Å². The van der Waals surface area contributed by atoms with Gasteiger partial charge in [-0.2, -0.15) is 0 Å². The summed E-state index contributed by atoms with van der Waals surface area (Å²) in [6.07, 6.45) is 4.70. The Labute approximate surface area is 143 Å². The second-order valence-corrected chi connectivity index (χ2v) is 6.01. The molecule has 25 heavy (non-hydrogen) atoms. The number of aromatic nitrogens is 5. The topological polar surface area (TPSA) is 70.9 Å². The Bertz CT molecular complexity index is 1190. The maximum atomic E-state index is 4.71. The van der Waals surface area contributed by atoms with Crippen LogP contribution in [0.2, 0.25) is 0 Å². The number of hydrogen-bond donors (Lipinski definition) is 2. The predicted molar refractivity (Wildman–Crippen MR) is 98.8 cm³/mol. The van der Waals surface area contributed by atoms with Gasteiger partial charge in [-0.05, 0) is 30.2 Å². The van der Waals surface area contributed by atoms with E-state index in [4.69, 9.17) is 4.98 Å². The fourth-order valence-electron chi connectivity index (χ4n) is 3.28. The Balaban J connectivity index is 1.44. The molecule has 0 aliphatic rings. The summed E-state index contributed by atoms with van der Waals surface area (Å²) >= 11 is 0. The number of anilines is 1. The van der Waals surface area contributed by atoms with Crippen molar-refractivity contribution >= 4 is 33.4 Å². The van der Waals surface area contributed by atoms with Crippen LogP contribution in [0.4, 0.5) is 5.82 Å². The van der Waals surface area contributed by atoms with Crippen LogP contribution in [0.5, 0.6) is 0 Å². The number of fused-ring (bicyclic) bond motifs is 4. The zero-order chi connectivity index (χ0) is 16.6. The van der Waals surface area contributed by atoms with E-state index in [1.54, 1.807) is 6.33 Å². The molecule has 0 amide bonds. The quantitative estimate of drug-likeness (QED) is 0.530. The maximum Gasteiger partial charge on any atom is 0.203 e. The van der Waals surface area contributed by atoms with Crippen LogP contribution in [0.15, 0.2) is 61.1 Å².